The first kappa shape index (κ1) is 29.0. The summed E-state index contributed by atoms with van der Waals surface area (Å²) in [4.78, 5) is 10.9. The van der Waals surface area contributed by atoms with Gasteiger partial charge < -0.3 is 8.98 Å². The first-order valence-electron chi connectivity index (χ1n) is 18.7. The number of aromatic nitrogens is 4. The average Bonchev–Trinajstić information content (AvgIpc) is 3.87. The number of rotatable bonds is 2. The summed E-state index contributed by atoms with van der Waals surface area (Å²) in [6.45, 7) is 0. The summed E-state index contributed by atoms with van der Waals surface area (Å²) in [6, 6.07) is 60.5. The van der Waals surface area contributed by atoms with Crippen LogP contribution in [0.15, 0.2) is 174 Å². The molecule has 0 spiro atoms. The smallest absolute Gasteiger partial charge is 0.165 e. The molecule has 5 nitrogen and oxygen atoms in total. The van der Waals surface area contributed by atoms with Gasteiger partial charge in [0.15, 0.2) is 5.82 Å². The van der Waals surface area contributed by atoms with Crippen LogP contribution in [0, 0.1) is 0 Å². The van der Waals surface area contributed by atoms with Gasteiger partial charge in [0.05, 0.1) is 38.8 Å². The number of benzene rings is 8. The van der Waals surface area contributed by atoms with Crippen LogP contribution in [0.4, 0.5) is 0 Å². The van der Waals surface area contributed by atoms with Crippen LogP contribution in [0.25, 0.3) is 122 Å². The van der Waals surface area contributed by atoms with Crippen LogP contribution in [-0.2, 0) is 0 Å². The van der Waals surface area contributed by atoms with Crippen LogP contribution in [0.2, 0.25) is 0 Å². The second-order valence-corrected chi connectivity index (χ2v) is 14.5. The van der Waals surface area contributed by atoms with Crippen molar-refractivity contribution in [2.75, 3.05) is 0 Å². The molecule has 0 saturated heterocycles. The van der Waals surface area contributed by atoms with Crippen molar-refractivity contribution < 1.29 is 4.42 Å². The lowest BCUT2D eigenvalue weighted by molar-refractivity contribution is 0.669. The Morgan fingerprint density at radius 3 is 1.84 bits per heavy atom. The van der Waals surface area contributed by atoms with E-state index in [4.69, 9.17) is 14.4 Å². The maximum absolute atomic E-state index is 6.39. The van der Waals surface area contributed by atoms with Gasteiger partial charge in [0.2, 0.25) is 0 Å². The molecule has 0 N–H and O–H groups in total. The summed E-state index contributed by atoms with van der Waals surface area (Å²) in [6.07, 6.45) is 0. The first-order chi connectivity index (χ1) is 27.3. The molecule has 5 heterocycles. The van der Waals surface area contributed by atoms with Crippen LogP contribution in [0.3, 0.4) is 0 Å². The second-order valence-electron chi connectivity index (χ2n) is 14.5. The number of furan rings is 1. The van der Waals surface area contributed by atoms with Crippen molar-refractivity contribution >= 4 is 76.6 Å². The van der Waals surface area contributed by atoms with E-state index in [0.29, 0.717) is 0 Å². The molecule has 55 heavy (non-hydrogen) atoms. The van der Waals surface area contributed by atoms with Crippen molar-refractivity contribution in [3.63, 3.8) is 0 Å². The number of fused-ring (bicyclic) bond motifs is 15. The van der Waals surface area contributed by atoms with Crippen LogP contribution in [-0.4, -0.2) is 19.1 Å². The lowest BCUT2D eigenvalue weighted by atomic mass is 9.94. The van der Waals surface area contributed by atoms with Gasteiger partial charge in [-0.15, -0.1) is 0 Å². The average molecular weight is 701 g/mol. The zero-order valence-electron chi connectivity index (χ0n) is 29.4. The Morgan fingerprint density at radius 1 is 0.382 bits per heavy atom. The molecule has 0 saturated carbocycles. The minimum Gasteiger partial charge on any atom is -0.456 e. The Labute approximate surface area is 313 Å². The summed E-state index contributed by atoms with van der Waals surface area (Å²) in [5.74, 6) is 0.784. The van der Waals surface area contributed by atoms with Gasteiger partial charge in [0, 0.05) is 49.0 Å². The summed E-state index contributed by atoms with van der Waals surface area (Å²) >= 11 is 0. The Morgan fingerprint density at radius 2 is 0.964 bits per heavy atom. The third-order valence-electron chi connectivity index (χ3n) is 11.7. The fraction of sp³-hybridized carbons (Fsp3) is 0. The van der Waals surface area contributed by atoms with Crippen molar-refractivity contribution in [1.29, 1.82) is 0 Å². The molecular weight excluding hydrogens is 673 g/mol. The predicted octanol–water partition coefficient (Wildman–Crippen LogP) is 13.0. The Bertz CT molecular complexity index is 3620. The highest BCUT2D eigenvalue weighted by Gasteiger charge is 2.27. The normalized spacial score (nSPS) is 12.4. The van der Waals surface area contributed by atoms with Gasteiger partial charge in [-0.05, 0) is 59.7 Å². The third kappa shape index (κ3) is 3.81. The number of hydrogen-bond acceptors (Lipinski definition) is 3. The molecule has 0 unspecified atom stereocenters. The van der Waals surface area contributed by atoms with E-state index in [0.717, 1.165) is 71.9 Å². The highest BCUT2D eigenvalue weighted by molar-refractivity contribution is 6.22. The van der Waals surface area contributed by atoms with Gasteiger partial charge in [-0.1, -0.05) is 121 Å². The van der Waals surface area contributed by atoms with Crippen LogP contribution in [0.1, 0.15) is 0 Å². The Kier molecular flexibility index (Phi) is 5.57. The molecule has 12 aromatic rings. The second kappa shape index (κ2) is 10.6. The van der Waals surface area contributed by atoms with Crippen molar-refractivity contribution in [3.8, 4) is 45.0 Å². The number of hydrogen-bond donors (Lipinski definition) is 0. The molecule has 254 valence electrons. The molecule has 1 aliphatic rings. The van der Waals surface area contributed by atoms with E-state index in [1.165, 1.54) is 49.7 Å². The van der Waals surface area contributed by atoms with Crippen molar-refractivity contribution in [3.05, 3.63) is 170 Å². The maximum atomic E-state index is 6.39. The lowest BCUT2D eigenvalue weighted by Gasteiger charge is -2.15. The molecule has 0 bridgehead atoms. The Balaban J connectivity index is 1.20. The van der Waals surface area contributed by atoms with Gasteiger partial charge in [-0.25, -0.2) is 9.97 Å². The molecule has 0 amide bonds. The SMILES string of the molecule is c1ccc2c(c1)-c1ccccc1-n1c3cc4c5ccccc5n(-c5nc6ccccc6nc5-c5cccc6oc7ccccc7c56)c4cc3c3cccc-2c31. The van der Waals surface area contributed by atoms with Gasteiger partial charge >= 0.3 is 0 Å². The van der Waals surface area contributed by atoms with E-state index < -0.39 is 0 Å². The van der Waals surface area contributed by atoms with Gasteiger partial charge in [-0.3, -0.25) is 4.57 Å². The highest BCUT2D eigenvalue weighted by Crippen LogP contribution is 2.48. The predicted molar refractivity (Wildman–Crippen MR) is 225 cm³/mol. The minimum absolute atomic E-state index is 0.784. The molecule has 8 aromatic carbocycles. The summed E-state index contributed by atoms with van der Waals surface area (Å²) in [5, 5.41) is 6.84. The Hall–Kier alpha value is -7.50. The summed E-state index contributed by atoms with van der Waals surface area (Å²) in [7, 11) is 0. The lowest BCUT2D eigenvalue weighted by Crippen LogP contribution is -2.04. The molecule has 4 aromatic heterocycles. The molecular formula is C50H28N4O. The van der Waals surface area contributed by atoms with E-state index in [9.17, 15) is 0 Å². The number of para-hydroxylation sites is 6. The van der Waals surface area contributed by atoms with E-state index in [1.54, 1.807) is 0 Å². The van der Waals surface area contributed by atoms with E-state index in [-0.39, 0.29) is 0 Å². The van der Waals surface area contributed by atoms with Crippen LogP contribution >= 0.6 is 0 Å². The summed E-state index contributed by atoms with van der Waals surface area (Å²) < 4.78 is 11.2. The van der Waals surface area contributed by atoms with Crippen molar-refractivity contribution in [2.45, 2.75) is 0 Å². The monoisotopic (exact) mass is 700 g/mol. The largest absolute Gasteiger partial charge is 0.456 e. The first-order valence-corrected chi connectivity index (χ1v) is 18.7. The highest BCUT2D eigenvalue weighted by atomic mass is 16.3. The van der Waals surface area contributed by atoms with Crippen LogP contribution < -0.4 is 0 Å². The van der Waals surface area contributed by atoms with Gasteiger partial charge in [0.1, 0.15) is 16.9 Å². The molecule has 0 fully saturated rings. The van der Waals surface area contributed by atoms with Gasteiger partial charge in [0.25, 0.3) is 0 Å². The van der Waals surface area contributed by atoms with Crippen molar-refractivity contribution in [1.82, 2.24) is 19.1 Å². The quantitative estimate of drug-likeness (QED) is 0.180. The van der Waals surface area contributed by atoms with E-state index in [1.807, 2.05) is 36.4 Å². The van der Waals surface area contributed by atoms with Crippen molar-refractivity contribution in [2.24, 2.45) is 0 Å². The van der Waals surface area contributed by atoms with E-state index in [2.05, 4.69) is 143 Å². The number of nitrogens with zero attached hydrogens (tertiary/aromatic N) is 4. The van der Waals surface area contributed by atoms with E-state index >= 15 is 0 Å². The summed E-state index contributed by atoms with van der Waals surface area (Å²) in [5.41, 5.74) is 15.9. The molecule has 5 heteroatoms. The standard InChI is InChI=1S/C50H28N4O/c1-2-14-30-29(13-1)31-15-3-8-23-41(31)53-43-27-37-32-16-4-9-24-42(32)54(44(37)28-38(43)34-19-11-18-33(30)49(34)53)50-48(51-39-21-6-7-22-40(39)52-50)36-20-12-26-46-47(36)35-17-5-10-25-45(35)55-46/h1-28H. The zero-order chi connectivity index (χ0) is 35.8. The molecule has 1 aliphatic heterocycles. The molecule has 13 rings (SSSR count). The van der Waals surface area contributed by atoms with Crippen LogP contribution in [0.5, 0.6) is 0 Å². The molecule has 0 atom stereocenters. The molecule has 0 radical (unpaired) electrons. The fourth-order valence-electron chi connectivity index (χ4n) is 9.37. The van der Waals surface area contributed by atoms with Gasteiger partial charge in [-0.2, -0.15) is 0 Å². The minimum atomic E-state index is 0.784. The topological polar surface area (TPSA) is 48.8 Å². The fourth-order valence-corrected chi connectivity index (χ4v) is 9.37. The zero-order valence-corrected chi connectivity index (χ0v) is 29.4. The molecule has 0 aliphatic carbocycles. The maximum Gasteiger partial charge on any atom is 0.165 e. The third-order valence-corrected chi connectivity index (χ3v) is 11.7.